The Labute approximate surface area is 112 Å². The Hall–Kier alpha value is -2.51. The lowest BCUT2D eigenvalue weighted by atomic mass is 9.98. The smallest absolute Gasteiger partial charge is 0.333 e. The van der Waals surface area contributed by atoms with Crippen LogP contribution < -0.4 is 16.6 Å². The first-order chi connectivity index (χ1) is 9.49. The first-order valence-electron chi connectivity index (χ1n) is 6.01. The lowest BCUT2D eigenvalue weighted by molar-refractivity contribution is -0.116. The molecule has 106 valence electrons. The predicted octanol–water partition coefficient (Wildman–Crippen LogP) is -0.0872. The van der Waals surface area contributed by atoms with Crippen molar-refractivity contribution in [3.05, 3.63) is 44.5 Å². The van der Waals surface area contributed by atoms with Crippen molar-refractivity contribution in [3.8, 4) is 0 Å². The number of aromatic nitrogens is 2. The van der Waals surface area contributed by atoms with E-state index in [9.17, 15) is 23.6 Å². The minimum atomic E-state index is -1.24. The average molecular weight is 281 g/mol. The molecule has 2 N–H and O–H groups in total. The number of aromatic amines is 1. The maximum Gasteiger partial charge on any atom is 0.336 e. The van der Waals surface area contributed by atoms with Crippen LogP contribution in [0.25, 0.3) is 0 Å². The summed E-state index contributed by atoms with van der Waals surface area (Å²) in [6.45, 7) is -0.0369. The van der Waals surface area contributed by atoms with E-state index in [0.29, 0.717) is 22.8 Å². The molecule has 8 heteroatoms. The normalized spacial score (nSPS) is 14.8. The molecule has 0 spiro atoms. The molecule has 0 unspecified atom stereocenters. The summed E-state index contributed by atoms with van der Waals surface area (Å²) in [6, 6.07) is -0.913. The zero-order valence-electron chi connectivity index (χ0n) is 10.4. The zero-order chi connectivity index (χ0) is 14.7. The number of amides is 1. The summed E-state index contributed by atoms with van der Waals surface area (Å²) in [7, 11) is 0. The van der Waals surface area contributed by atoms with Crippen molar-refractivity contribution in [2.24, 2.45) is 0 Å². The predicted molar refractivity (Wildman–Crippen MR) is 67.0 cm³/mol. The number of allylic oxidation sites excluding steroid dienone is 1. The highest BCUT2D eigenvalue weighted by Crippen LogP contribution is 2.12. The second-order valence-electron chi connectivity index (χ2n) is 4.31. The Kier molecular flexibility index (Phi) is 3.92. The maximum atomic E-state index is 13.0. The van der Waals surface area contributed by atoms with Crippen LogP contribution in [0.15, 0.2) is 27.4 Å². The summed E-state index contributed by atoms with van der Waals surface area (Å²) in [5, 5.41) is 2.33. The summed E-state index contributed by atoms with van der Waals surface area (Å²) in [4.78, 5) is 47.1. The molecule has 1 aliphatic rings. The number of carbonyl (C=O) groups excluding carboxylic acids is 2. The number of hydrogen-bond donors (Lipinski definition) is 2. The van der Waals surface area contributed by atoms with Gasteiger partial charge in [-0.1, -0.05) is 6.08 Å². The van der Waals surface area contributed by atoms with E-state index in [1.54, 1.807) is 11.1 Å². The van der Waals surface area contributed by atoms with E-state index in [0.717, 1.165) is 12.8 Å². The van der Waals surface area contributed by atoms with Crippen LogP contribution in [0.1, 0.15) is 19.3 Å². The van der Waals surface area contributed by atoms with Crippen molar-refractivity contribution in [1.82, 2.24) is 14.9 Å². The molecule has 1 aliphatic carbocycles. The van der Waals surface area contributed by atoms with E-state index in [-0.39, 0.29) is 12.3 Å². The molecule has 0 bridgehead atoms. The Morgan fingerprint density at radius 1 is 1.40 bits per heavy atom. The topological polar surface area (TPSA) is 101 Å². The van der Waals surface area contributed by atoms with E-state index >= 15 is 0 Å². The van der Waals surface area contributed by atoms with Crippen LogP contribution in [0.4, 0.5) is 9.18 Å². The van der Waals surface area contributed by atoms with Gasteiger partial charge in [-0.2, -0.15) is 4.39 Å². The Bertz CT molecular complexity index is 701. The third kappa shape index (κ3) is 2.90. The van der Waals surface area contributed by atoms with Crippen LogP contribution in [-0.4, -0.2) is 27.9 Å². The molecular weight excluding hydrogens is 269 g/mol. The molecule has 0 saturated heterocycles. The molecule has 0 aliphatic heterocycles. The van der Waals surface area contributed by atoms with Crippen LogP contribution >= 0.6 is 0 Å². The van der Waals surface area contributed by atoms with Gasteiger partial charge in [-0.05, 0) is 12.8 Å². The van der Waals surface area contributed by atoms with E-state index in [1.165, 1.54) is 0 Å². The van der Waals surface area contributed by atoms with E-state index in [2.05, 4.69) is 5.32 Å². The van der Waals surface area contributed by atoms with Gasteiger partial charge in [0, 0.05) is 18.5 Å². The fourth-order valence-corrected chi connectivity index (χ4v) is 1.84. The van der Waals surface area contributed by atoms with Gasteiger partial charge in [0.2, 0.25) is 5.82 Å². The molecule has 20 heavy (non-hydrogen) atoms. The lowest BCUT2D eigenvalue weighted by Crippen LogP contribution is -2.41. The molecule has 0 atom stereocenters. The van der Waals surface area contributed by atoms with E-state index in [4.69, 9.17) is 0 Å². The largest absolute Gasteiger partial charge is 0.336 e. The number of ketones is 1. The Balaban J connectivity index is 2.11. The number of H-pyrrole nitrogens is 1. The minimum absolute atomic E-state index is 0.0369. The fourth-order valence-electron chi connectivity index (χ4n) is 1.84. The maximum absolute atomic E-state index is 13.0. The highest BCUT2D eigenvalue weighted by Gasteiger charge is 2.16. The number of carbonyl (C=O) groups is 2. The molecule has 2 rings (SSSR count). The molecule has 0 radical (unpaired) electrons. The molecule has 7 nitrogen and oxygen atoms in total. The van der Waals surface area contributed by atoms with Crippen LogP contribution in [0, 0.1) is 5.82 Å². The number of hydrogen-bond acceptors (Lipinski definition) is 4. The molecule has 1 heterocycles. The monoisotopic (exact) mass is 281 g/mol. The number of rotatable bonds is 2. The van der Waals surface area contributed by atoms with Gasteiger partial charge in [0.25, 0.3) is 5.56 Å². The molecule has 1 aromatic rings. The number of halogens is 1. The van der Waals surface area contributed by atoms with Crippen LogP contribution in [0.3, 0.4) is 0 Å². The van der Waals surface area contributed by atoms with Gasteiger partial charge >= 0.3 is 11.7 Å². The van der Waals surface area contributed by atoms with Gasteiger partial charge in [-0.25, -0.2) is 14.2 Å². The highest BCUT2D eigenvalue weighted by molar-refractivity contribution is 5.97. The number of nitrogens with zero attached hydrogens (tertiary/aromatic N) is 1. The average Bonchev–Trinajstić information content (AvgIpc) is 2.41. The van der Waals surface area contributed by atoms with Gasteiger partial charge < -0.3 is 5.32 Å². The SMILES string of the molecule is O=C1CCCC=C1CNC(=O)n1cc(F)c(=O)[nH]c1=O. The zero-order valence-corrected chi connectivity index (χ0v) is 10.4. The molecule has 0 aromatic carbocycles. The summed E-state index contributed by atoms with van der Waals surface area (Å²) in [6.07, 6.45) is 4.19. The summed E-state index contributed by atoms with van der Waals surface area (Å²) in [5.74, 6) is -1.30. The van der Waals surface area contributed by atoms with Crippen molar-refractivity contribution in [2.75, 3.05) is 6.54 Å². The summed E-state index contributed by atoms with van der Waals surface area (Å²) in [5.41, 5.74) is -1.77. The molecule has 1 aromatic heterocycles. The van der Waals surface area contributed by atoms with Crippen LogP contribution in [-0.2, 0) is 4.79 Å². The third-order valence-corrected chi connectivity index (χ3v) is 2.90. The van der Waals surface area contributed by atoms with Crippen LogP contribution in [0.5, 0.6) is 0 Å². The second-order valence-corrected chi connectivity index (χ2v) is 4.31. The molecule has 0 saturated carbocycles. The molecule has 1 amide bonds. The van der Waals surface area contributed by atoms with E-state index in [1.807, 2.05) is 0 Å². The van der Waals surface area contributed by atoms with Gasteiger partial charge in [-0.15, -0.1) is 0 Å². The standard InChI is InChI=1S/C12H12FN3O4/c13-8-6-16(12(20)15-10(8)18)11(19)14-5-7-3-1-2-4-9(7)17/h3,6H,1-2,4-5H2,(H,14,19)(H,15,18,20). The highest BCUT2D eigenvalue weighted by atomic mass is 19.1. The third-order valence-electron chi connectivity index (χ3n) is 2.90. The van der Waals surface area contributed by atoms with E-state index < -0.39 is 23.1 Å². The van der Waals surface area contributed by atoms with Crippen molar-refractivity contribution in [2.45, 2.75) is 19.3 Å². The van der Waals surface area contributed by atoms with Gasteiger partial charge in [-0.3, -0.25) is 14.6 Å². The molecular formula is C12H12FN3O4. The van der Waals surface area contributed by atoms with Gasteiger partial charge in [0.05, 0.1) is 6.20 Å². The van der Waals surface area contributed by atoms with Crippen molar-refractivity contribution < 1.29 is 14.0 Å². The summed E-state index contributed by atoms with van der Waals surface area (Å²) < 4.78 is 13.4. The van der Waals surface area contributed by atoms with Gasteiger partial charge in [0.1, 0.15) is 0 Å². The first kappa shape index (κ1) is 13.9. The molecule has 0 fully saturated rings. The fraction of sp³-hybridized carbons (Fsp3) is 0.333. The Morgan fingerprint density at radius 3 is 2.85 bits per heavy atom. The van der Waals surface area contributed by atoms with Crippen molar-refractivity contribution >= 4 is 11.8 Å². The van der Waals surface area contributed by atoms with Crippen LogP contribution in [0.2, 0.25) is 0 Å². The van der Waals surface area contributed by atoms with Crippen molar-refractivity contribution in [1.29, 1.82) is 0 Å². The Morgan fingerprint density at radius 2 is 2.15 bits per heavy atom. The number of nitrogens with one attached hydrogen (secondary N) is 2. The first-order valence-corrected chi connectivity index (χ1v) is 6.01. The lowest BCUT2D eigenvalue weighted by Gasteiger charge is -2.12. The second kappa shape index (κ2) is 5.64. The van der Waals surface area contributed by atoms with Gasteiger partial charge in [0.15, 0.2) is 5.78 Å². The summed E-state index contributed by atoms with van der Waals surface area (Å²) >= 11 is 0. The minimum Gasteiger partial charge on any atom is -0.333 e. The van der Waals surface area contributed by atoms with Crippen molar-refractivity contribution in [3.63, 3.8) is 0 Å². The quantitative estimate of drug-likeness (QED) is 0.791. The number of Topliss-reactive ketones (excluding diaryl/α,β-unsaturated/α-hetero) is 1.